The molecule has 0 amide bonds. The summed E-state index contributed by atoms with van der Waals surface area (Å²) >= 11 is 0. The SMILES string of the molecule is COc1cc(F)c(-c2cn(C)nc2CCC(=O)O)cc1[N+](=O)[O-]. The van der Waals surface area contributed by atoms with Crippen molar-refractivity contribution >= 4 is 11.7 Å². The fourth-order valence-corrected chi connectivity index (χ4v) is 2.23. The summed E-state index contributed by atoms with van der Waals surface area (Å²) in [5, 5.41) is 24.0. The second-order valence-electron chi connectivity index (χ2n) is 4.82. The van der Waals surface area contributed by atoms with Crippen molar-refractivity contribution in [1.82, 2.24) is 9.78 Å². The summed E-state index contributed by atoms with van der Waals surface area (Å²) in [7, 11) is 2.81. The van der Waals surface area contributed by atoms with Gasteiger partial charge in [-0.15, -0.1) is 0 Å². The molecule has 1 aromatic heterocycles. The van der Waals surface area contributed by atoms with Gasteiger partial charge in [0.1, 0.15) is 5.82 Å². The van der Waals surface area contributed by atoms with Crippen LogP contribution in [-0.4, -0.2) is 32.9 Å². The number of aromatic nitrogens is 2. The highest BCUT2D eigenvalue weighted by molar-refractivity contribution is 5.72. The Morgan fingerprint density at radius 1 is 1.48 bits per heavy atom. The molecule has 1 heterocycles. The Kier molecular flexibility index (Phi) is 4.58. The van der Waals surface area contributed by atoms with E-state index in [0.717, 1.165) is 12.1 Å². The van der Waals surface area contributed by atoms with Crippen LogP contribution < -0.4 is 4.74 Å². The van der Waals surface area contributed by atoms with Crippen LogP contribution in [0.1, 0.15) is 12.1 Å². The molecule has 122 valence electrons. The van der Waals surface area contributed by atoms with E-state index >= 15 is 0 Å². The summed E-state index contributed by atoms with van der Waals surface area (Å²) in [4.78, 5) is 21.1. The van der Waals surface area contributed by atoms with Gasteiger partial charge in [0.25, 0.3) is 0 Å². The maximum Gasteiger partial charge on any atom is 0.311 e. The molecule has 9 heteroatoms. The van der Waals surface area contributed by atoms with Gasteiger partial charge >= 0.3 is 11.7 Å². The molecule has 0 unspecified atom stereocenters. The standard InChI is InChI=1S/C14H14FN3O5/c1-17-7-9(11(16-17)3-4-14(19)20)8-5-12(18(21)22)13(23-2)6-10(8)15/h5-7H,3-4H2,1-2H3,(H,19,20). The predicted molar refractivity (Wildman–Crippen MR) is 77.8 cm³/mol. The molecule has 0 aliphatic carbocycles. The van der Waals surface area contributed by atoms with Crippen LogP contribution in [0.15, 0.2) is 18.3 Å². The van der Waals surface area contributed by atoms with Crippen molar-refractivity contribution in [2.24, 2.45) is 7.05 Å². The first kappa shape index (κ1) is 16.4. The Morgan fingerprint density at radius 2 is 2.17 bits per heavy atom. The van der Waals surface area contributed by atoms with Crippen LogP contribution in [-0.2, 0) is 18.3 Å². The third-order valence-electron chi connectivity index (χ3n) is 3.24. The number of rotatable bonds is 6. The van der Waals surface area contributed by atoms with E-state index in [4.69, 9.17) is 9.84 Å². The van der Waals surface area contributed by atoms with E-state index in [0.29, 0.717) is 11.3 Å². The molecule has 0 fully saturated rings. The first-order valence-corrected chi connectivity index (χ1v) is 6.60. The number of aliphatic carboxylic acids is 1. The third kappa shape index (κ3) is 3.44. The highest BCUT2D eigenvalue weighted by Crippen LogP contribution is 2.36. The average molecular weight is 323 g/mol. The van der Waals surface area contributed by atoms with Gasteiger partial charge in [0.2, 0.25) is 0 Å². The van der Waals surface area contributed by atoms with E-state index < -0.39 is 16.7 Å². The van der Waals surface area contributed by atoms with Gasteiger partial charge in [-0.05, 0) is 0 Å². The van der Waals surface area contributed by atoms with E-state index in [9.17, 15) is 19.3 Å². The number of methoxy groups -OCH3 is 1. The molecular weight excluding hydrogens is 309 g/mol. The number of hydrogen-bond acceptors (Lipinski definition) is 5. The third-order valence-corrected chi connectivity index (χ3v) is 3.24. The van der Waals surface area contributed by atoms with Crippen LogP contribution in [0.5, 0.6) is 5.75 Å². The van der Waals surface area contributed by atoms with Crippen LogP contribution in [0.4, 0.5) is 10.1 Å². The van der Waals surface area contributed by atoms with Crippen LogP contribution in [0, 0.1) is 15.9 Å². The summed E-state index contributed by atoms with van der Waals surface area (Å²) in [6, 6.07) is 2.00. The van der Waals surface area contributed by atoms with Gasteiger partial charge in [-0.25, -0.2) is 4.39 Å². The zero-order valence-electron chi connectivity index (χ0n) is 12.4. The number of halogens is 1. The minimum absolute atomic E-state index is 0.0222. The number of carbonyl (C=O) groups is 1. The lowest BCUT2D eigenvalue weighted by atomic mass is 10.0. The van der Waals surface area contributed by atoms with E-state index in [1.165, 1.54) is 18.0 Å². The van der Waals surface area contributed by atoms with E-state index in [1.54, 1.807) is 7.05 Å². The van der Waals surface area contributed by atoms with Gasteiger partial charge in [0.05, 0.1) is 24.1 Å². The number of benzene rings is 1. The lowest BCUT2D eigenvalue weighted by Crippen LogP contribution is -2.01. The Hall–Kier alpha value is -2.97. The minimum Gasteiger partial charge on any atom is -0.490 e. The molecular formula is C14H14FN3O5. The fourth-order valence-electron chi connectivity index (χ4n) is 2.23. The monoisotopic (exact) mass is 323 g/mol. The van der Waals surface area contributed by atoms with E-state index in [1.807, 2.05) is 0 Å². The zero-order chi connectivity index (χ0) is 17.1. The summed E-state index contributed by atoms with van der Waals surface area (Å²) < 4.78 is 20.5. The molecule has 1 aromatic carbocycles. The zero-order valence-corrected chi connectivity index (χ0v) is 12.4. The molecule has 8 nitrogen and oxygen atoms in total. The largest absolute Gasteiger partial charge is 0.490 e. The Morgan fingerprint density at radius 3 is 2.74 bits per heavy atom. The Labute approximate surface area is 130 Å². The molecule has 0 spiro atoms. The van der Waals surface area contributed by atoms with Gasteiger partial charge in [-0.3, -0.25) is 19.6 Å². The molecule has 2 rings (SSSR count). The second kappa shape index (κ2) is 6.42. The topological polar surface area (TPSA) is 107 Å². The molecule has 0 aliphatic heterocycles. The highest BCUT2D eigenvalue weighted by Gasteiger charge is 2.22. The molecule has 0 bridgehead atoms. The first-order chi connectivity index (χ1) is 10.8. The second-order valence-corrected chi connectivity index (χ2v) is 4.82. The van der Waals surface area contributed by atoms with Crippen LogP contribution in [0.3, 0.4) is 0 Å². The maximum atomic E-state index is 14.3. The molecule has 23 heavy (non-hydrogen) atoms. The van der Waals surface area contributed by atoms with Crippen molar-refractivity contribution in [3.05, 3.63) is 40.0 Å². The molecule has 2 aromatic rings. The van der Waals surface area contributed by atoms with Crippen molar-refractivity contribution in [2.45, 2.75) is 12.8 Å². The van der Waals surface area contributed by atoms with Gasteiger partial charge < -0.3 is 9.84 Å². The maximum absolute atomic E-state index is 14.3. The Balaban J connectivity index is 2.55. The lowest BCUT2D eigenvalue weighted by molar-refractivity contribution is -0.385. The van der Waals surface area contributed by atoms with Crippen LogP contribution in [0.2, 0.25) is 0 Å². The number of hydrogen-bond donors (Lipinski definition) is 1. The van der Waals surface area contributed by atoms with Gasteiger partial charge in [0, 0.05) is 42.9 Å². The van der Waals surface area contributed by atoms with Gasteiger partial charge in [-0.2, -0.15) is 5.10 Å². The summed E-state index contributed by atoms with van der Waals surface area (Å²) in [6.45, 7) is 0. The number of ether oxygens (including phenoxy) is 1. The summed E-state index contributed by atoms with van der Waals surface area (Å²) in [6.07, 6.45) is 1.40. The molecule has 1 N–H and O–H groups in total. The number of carboxylic acid groups (broad SMARTS) is 1. The predicted octanol–water partition coefficient (Wildman–Crippen LogP) is 2.16. The summed E-state index contributed by atoms with van der Waals surface area (Å²) in [5.74, 6) is -1.91. The Bertz CT molecular complexity index is 772. The molecule has 0 atom stereocenters. The van der Waals surface area contributed by atoms with Crippen molar-refractivity contribution in [3.63, 3.8) is 0 Å². The van der Waals surface area contributed by atoms with Crippen molar-refractivity contribution in [3.8, 4) is 16.9 Å². The molecule has 0 saturated heterocycles. The number of nitro benzene ring substituents is 1. The quantitative estimate of drug-likeness (QED) is 0.644. The highest BCUT2D eigenvalue weighted by atomic mass is 19.1. The fraction of sp³-hybridized carbons (Fsp3) is 0.286. The van der Waals surface area contributed by atoms with Crippen LogP contribution >= 0.6 is 0 Å². The normalized spacial score (nSPS) is 10.6. The molecule has 0 radical (unpaired) electrons. The van der Waals surface area contributed by atoms with Crippen LogP contribution in [0.25, 0.3) is 11.1 Å². The van der Waals surface area contributed by atoms with Crippen molar-refractivity contribution in [1.29, 1.82) is 0 Å². The smallest absolute Gasteiger partial charge is 0.311 e. The van der Waals surface area contributed by atoms with Crippen molar-refractivity contribution < 1.29 is 24.0 Å². The number of nitro groups is 1. The van der Waals surface area contributed by atoms with E-state index in [-0.39, 0.29) is 29.8 Å². The minimum atomic E-state index is -1.01. The lowest BCUT2D eigenvalue weighted by Gasteiger charge is -2.07. The van der Waals surface area contributed by atoms with Gasteiger partial charge in [0.15, 0.2) is 5.75 Å². The number of carboxylic acids is 1. The number of aryl methyl sites for hydroxylation is 2. The molecule has 0 aliphatic rings. The van der Waals surface area contributed by atoms with E-state index in [2.05, 4.69) is 5.10 Å². The van der Waals surface area contributed by atoms with Gasteiger partial charge in [-0.1, -0.05) is 0 Å². The van der Waals surface area contributed by atoms with Crippen molar-refractivity contribution in [2.75, 3.05) is 7.11 Å². The first-order valence-electron chi connectivity index (χ1n) is 6.60. The average Bonchev–Trinajstić information content (AvgIpc) is 2.85. The number of nitrogens with zero attached hydrogens (tertiary/aromatic N) is 3. The molecule has 0 saturated carbocycles. The summed E-state index contributed by atoms with van der Waals surface area (Å²) in [5.41, 5.74) is 0.271.